The summed E-state index contributed by atoms with van der Waals surface area (Å²) in [4.78, 5) is 15.6. The maximum atomic E-state index is 13.5. The molecule has 1 aliphatic rings. The average Bonchev–Trinajstić information content (AvgIpc) is 2.81. The van der Waals surface area contributed by atoms with E-state index >= 15 is 0 Å². The molecule has 102 valence electrons. The van der Waals surface area contributed by atoms with Gasteiger partial charge in [0.25, 0.3) is 0 Å². The van der Waals surface area contributed by atoms with Gasteiger partial charge >= 0.3 is 5.97 Å². The van der Waals surface area contributed by atoms with Gasteiger partial charge in [-0.2, -0.15) is 0 Å². The number of rotatable bonds is 4. The summed E-state index contributed by atoms with van der Waals surface area (Å²) < 4.78 is 18.7. The Kier molecular flexibility index (Phi) is 4.52. The molecule has 0 fully saturated rings. The standard InChI is InChI=1S/C13H14BrFN2O2/c1-2-19-13(18)6-12-16-7-11(17-12)8-3-4-9(14)10(15)5-8/h3-5,11H,2,6-7H2,1H3,(H,16,17). The van der Waals surface area contributed by atoms with Crippen molar-refractivity contribution in [2.75, 3.05) is 13.2 Å². The molecule has 1 aliphatic heterocycles. The predicted octanol–water partition coefficient (Wildman–Crippen LogP) is 2.58. The van der Waals surface area contributed by atoms with Crippen LogP contribution in [0.4, 0.5) is 4.39 Å². The van der Waals surface area contributed by atoms with E-state index in [9.17, 15) is 9.18 Å². The summed E-state index contributed by atoms with van der Waals surface area (Å²) in [6.45, 7) is 2.61. The first-order chi connectivity index (χ1) is 9.10. The van der Waals surface area contributed by atoms with Crippen LogP contribution in [0.5, 0.6) is 0 Å². The van der Waals surface area contributed by atoms with E-state index < -0.39 is 0 Å². The van der Waals surface area contributed by atoms with Crippen LogP contribution in [0.3, 0.4) is 0 Å². The van der Waals surface area contributed by atoms with Crippen LogP contribution in [0.25, 0.3) is 0 Å². The second-order valence-electron chi connectivity index (χ2n) is 4.14. The average molecular weight is 329 g/mol. The number of hydrogen-bond donors (Lipinski definition) is 1. The lowest BCUT2D eigenvalue weighted by molar-refractivity contribution is -0.141. The summed E-state index contributed by atoms with van der Waals surface area (Å²) in [6.07, 6.45) is 0.128. The van der Waals surface area contributed by atoms with E-state index in [-0.39, 0.29) is 24.2 Å². The molecule has 1 N–H and O–H groups in total. The van der Waals surface area contributed by atoms with Crippen LogP contribution >= 0.6 is 15.9 Å². The summed E-state index contributed by atoms with van der Waals surface area (Å²) >= 11 is 3.11. The fourth-order valence-electron chi connectivity index (χ4n) is 1.87. The van der Waals surface area contributed by atoms with Crippen LogP contribution in [0, 0.1) is 5.82 Å². The van der Waals surface area contributed by atoms with Crippen molar-refractivity contribution in [2.24, 2.45) is 4.99 Å². The number of nitrogens with one attached hydrogen (secondary N) is 1. The number of carbonyl (C=O) groups excluding carboxylic acids is 1. The molecule has 0 spiro atoms. The number of nitrogens with zero attached hydrogens (tertiary/aromatic N) is 1. The minimum absolute atomic E-state index is 0.0907. The summed E-state index contributed by atoms with van der Waals surface area (Å²) in [5, 5.41) is 3.11. The van der Waals surface area contributed by atoms with E-state index in [1.54, 1.807) is 13.0 Å². The first-order valence-corrected chi connectivity index (χ1v) is 6.80. The first-order valence-electron chi connectivity index (χ1n) is 6.00. The van der Waals surface area contributed by atoms with Crippen LogP contribution in [0.1, 0.15) is 24.9 Å². The number of aliphatic imine (C=N–C) groups is 1. The molecule has 0 radical (unpaired) electrons. The molecule has 0 aromatic heterocycles. The maximum absolute atomic E-state index is 13.5. The van der Waals surface area contributed by atoms with Gasteiger partial charge in [0.15, 0.2) is 0 Å². The molecule has 1 aromatic rings. The van der Waals surface area contributed by atoms with Crippen molar-refractivity contribution < 1.29 is 13.9 Å². The van der Waals surface area contributed by atoms with Crippen molar-refractivity contribution in [3.63, 3.8) is 0 Å². The molecule has 2 rings (SSSR count). The normalized spacial score (nSPS) is 17.8. The van der Waals surface area contributed by atoms with E-state index in [1.807, 2.05) is 6.07 Å². The second-order valence-corrected chi connectivity index (χ2v) is 4.99. The van der Waals surface area contributed by atoms with Crippen molar-refractivity contribution in [1.82, 2.24) is 5.32 Å². The highest BCUT2D eigenvalue weighted by molar-refractivity contribution is 9.10. The third kappa shape index (κ3) is 3.53. The highest BCUT2D eigenvalue weighted by Gasteiger charge is 2.21. The van der Waals surface area contributed by atoms with E-state index in [0.717, 1.165) is 5.56 Å². The topological polar surface area (TPSA) is 50.7 Å². The Labute approximate surface area is 119 Å². The Morgan fingerprint density at radius 1 is 1.63 bits per heavy atom. The number of esters is 1. The molecule has 0 aliphatic carbocycles. The highest BCUT2D eigenvalue weighted by atomic mass is 79.9. The van der Waals surface area contributed by atoms with Gasteiger partial charge in [-0.3, -0.25) is 9.79 Å². The van der Waals surface area contributed by atoms with Gasteiger partial charge in [-0.25, -0.2) is 4.39 Å². The fraction of sp³-hybridized carbons (Fsp3) is 0.385. The SMILES string of the molecule is CCOC(=O)CC1=NCC(c2ccc(Br)c(F)c2)N1. The number of carbonyl (C=O) groups is 1. The molecular formula is C13H14BrFN2O2. The molecule has 0 amide bonds. The first kappa shape index (κ1) is 14.0. The molecular weight excluding hydrogens is 315 g/mol. The van der Waals surface area contributed by atoms with E-state index in [2.05, 4.69) is 26.2 Å². The Balaban J connectivity index is 1.96. The number of amidine groups is 1. The molecule has 1 heterocycles. The Bertz CT molecular complexity index is 519. The molecule has 1 unspecified atom stereocenters. The third-order valence-corrected chi connectivity index (χ3v) is 3.41. The zero-order valence-electron chi connectivity index (χ0n) is 10.5. The van der Waals surface area contributed by atoms with Gasteiger partial charge in [-0.15, -0.1) is 0 Å². The second kappa shape index (κ2) is 6.14. The fourth-order valence-corrected chi connectivity index (χ4v) is 2.11. The highest BCUT2D eigenvalue weighted by Crippen LogP contribution is 2.23. The quantitative estimate of drug-likeness (QED) is 0.864. The minimum Gasteiger partial charge on any atom is -0.466 e. The van der Waals surface area contributed by atoms with Gasteiger partial charge in [0, 0.05) is 0 Å². The Morgan fingerprint density at radius 3 is 3.11 bits per heavy atom. The molecule has 0 saturated carbocycles. The van der Waals surface area contributed by atoms with Crippen LogP contribution < -0.4 is 5.32 Å². The van der Waals surface area contributed by atoms with Crippen molar-refractivity contribution in [1.29, 1.82) is 0 Å². The molecule has 0 bridgehead atoms. The van der Waals surface area contributed by atoms with E-state index in [0.29, 0.717) is 23.5 Å². The molecule has 6 heteroatoms. The Hall–Kier alpha value is -1.43. The van der Waals surface area contributed by atoms with Gasteiger partial charge in [-0.05, 0) is 40.5 Å². The lowest BCUT2D eigenvalue weighted by Crippen LogP contribution is -2.26. The number of hydrogen-bond acceptors (Lipinski definition) is 4. The third-order valence-electron chi connectivity index (χ3n) is 2.77. The van der Waals surface area contributed by atoms with Crippen LogP contribution in [0.15, 0.2) is 27.7 Å². The van der Waals surface area contributed by atoms with Crippen molar-refractivity contribution >= 4 is 27.7 Å². The lowest BCUT2D eigenvalue weighted by atomic mass is 10.1. The lowest BCUT2D eigenvalue weighted by Gasteiger charge is -2.12. The number of halogens is 2. The molecule has 4 nitrogen and oxygen atoms in total. The zero-order valence-corrected chi connectivity index (χ0v) is 12.0. The number of benzene rings is 1. The van der Waals surface area contributed by atoms with Gasteiger partial charge in [0.05, 0.1) is 23.7 Å². The summed E-state index contributed by atoms with van der Waals surface area (Å²) in [6, 6.07) is 4.86. The van der Waals surface area contributed by atoms with Crippen LogP contribution in [-0.2, 0) is 9.53 Å². The van der Waals surface area contributed by atoms with Gasteiger partial charge in [0.2, 0.25) is 0 Å². The van der Waals surface area contributed by atoms with Crippen molar-refractivity contribution in [3.8, 4) is 0 Å². The predicted molar refractivity (Wildman–Crippen MR) is 73.5 cm³/mol. The van der Waals surface area contributed by atoms with E-state index in [1.165, 1.54) is 6.07 Å². The summed E-state index contributed by atoms with van der Waals surface area (Å²) in [7, 11) is 0. The summed E-state index contributed by atoms with van der Waals surface area (Å²) in [5.41, 5.74) is 0.809. The zero-order chi connectivity index (χ0) is 13.8. The van der Waals surface area contributed by atoms with Crippen molar-refractivity contribution in [2.45, 2.75) is 19.4 Å². The van der Waals surface area contributed by atoms with Gasteiger partial charge in [-0.1, -0.05) is 6.07 Å². The van der Waals surface area contributed by atoms with Crippen LogP contribution in [0.2, 0.25) is 0 Å². The molecule has 0 saturated heterocycles. The van der Waals surface area contributed by atoms with Gasteiger partial charge < -0.3 is 10.1 Å². The number of ether oxygens (including phenoxy) is 1. The van der Waals surface area contributed by atoms with Gasteiger partial charge in [0.1, 0.15) is 18.1 Å². The smallest absolute Gasteiger partial charge is 0.313 e. The van der Waals surface area contributed by atoms with Crippen molar-refractivity contribution in [3.05, 3.63) is 34.1 Å². The van der Waals surface area contributed by atoms with Crippen LogP contribution in [-0.4, -0.2) is 25.0 Å². The molecule has 19 heavy (non-hydrogen) atoms. The molecule has 1 aromatic carbocycles. The summed E-state index contributed by atoms with van der Waals surface area (Å²) in [5.74, 6) is -0.0266. The largest absolute Gasteiger partial charge is 0.466 e. The monoisotopic (exact) mass is 328 g/mol. The molecule has 1 atom stereocenters. The maximum Gasteiger partial charge on any atom is 0.313 e. The van der Waals surface area contributed by atoms with E-state index in [4.69, 9.17) is 4.74 Å². The minimum atomic E-state index is -0.309. The Morgan fingerprint density at radius 2 is 2.42 bits per heavy atom.